The van der Waals surface area contributed by atoms with Crippen molar-refractivity contribution in [2.24, 2.45) is 0 Å². The number of hydrogen-bond acceptors (Lipinski definition) is 4. The van der Waals surface area contributed by atoms with Gasteiger partial charge in [-0.25, -0.2) is 4.39 Å². The first kappa shape index (κ1) is 14.8. The van der Waals surface area contributed by atoms with Crippen molar-refractivity contribution in [3.05, 3.63) is 33.6 Å². The summed E-state index contributed by atoms with van der Waals surface area (Å²) in [5.74, 6) is 1.29. The number of rotatable bonds is 6. The Morgan fingerprint density at radius 3 is 2.78 bits per heavy atom. The molecular weight excluding hydrogens is 255 g/mol. The SMILES string of the molecule is CCSCC(C)Nc1cc(C)c(F)cc1[N+](=O)[O-]. The van der Waals surface area contributed by atoms with E-state index in [1.807, 2.05) is 6.92 Å². The molecule has 18 heavy (non-hydrogen) atoms. The molecule has 4 nitrogen and oxygen atoms in total. The first-order chi connectivity index (χ1) is 8.45. The van der Waals surface area contributed by atoms with Crippen LogP contribution in [0.4, 0.5) is 15.8 Å². The van der Waals surface area contributed by atoms with Crippen molar-refractivity contribution in [3.63, 3.8) is 0 Å². The molecular formula is C12H17FN2O2S. The molecule has 0 aliphatic rings. The summed E-state index contributed by atoms with van der Waals surface area (Å²) in [6, 6.07) is 2.55. The topological polar surface area (TPSA) is 55.2 Å². The smallest absolute Gasteiger partial charge is 0.295 e. The van der Waals surface area contributed by atoms with Gasteiger partial charge in [-0.2, -0.15) is 11.8 Å². The molecule has 0 aliphatic carbocycles. The summed E-state index contributed by atoms with van der Waals surface area (Å²) in [6.07, 6.45) is 0. The lowest BCUT2D eigenvalue weighted by Gasteiger charge is -2.15. The minimum atomic E-state index is -0.565. The highest BCUT2D eigenvalue weighted by Gasteiger charge is 2.18. The molecule has 0 saturated heterocycles. The number of nitro groups is 1. The van der Waals surface area contributed by atoms with E-state index in [1.165, 1.54) is 6.07 Å². The number of hydrogen-bond donors (Lipinski definition) is 1. The number of halogens is 1. The van der Waals surface area contributed by atoms with E-state index in [0.29, 0.717) is 11.3 Å². The van der Waals surface area contributed by atoms with E-state index in [-0.39, 0.29) is 11.7 Å². The molecule has 1 aromatic rings. The summed E-state index contributed by atoms with van der Waals surface area (Å²) in [5.41, 5.74) is 0.563. The Labute approximate surface area is 110 Å². The lowest BCUT2D eigenvalue weighted by atomic mass is 10.1. The van der Waals surface area contributed by atoms with Crippen molar-refractivity contribution in [2.75, 3.05) is 16.8 Å². The Kier molecular flexibility index (Phi) is 5.40. The molecule has 100 valence electrons. The van der Waals surface area contributed by atoms with E-state index in [2.05, 4.69) is 12.2 Å². The van der Waals surface area contributed by atoms with Gasteiger partial charge in [0.2, 0.25) is 0 Å². The van der Waals surface area contributed by atoms with Gasteiger partial charge in [0.15, 0.2) is 0 Å². The van der Waals surface area contributed by atoms with Gasteiger partial charge in [0.25, 0.3) is 5.69 Å². The van der Waals surface area contributed by atoms with Gasteiger partial charge in [-0.3, -0.25) is 10.1 Å². The molecule has 0 aliphatic heterocycles. The predicted molar refractivity (Wildman–Crippen MR) is 73.9 cm³/mol. The fourth-order valence-electron chi connectivity index (χ4n) is 1.54. The fourth-order valence-corrected chi connectivity index (χ4v) is 2.21. The van der Waals surface area contributed by atoms with E-state index < -0.39 is 10.7 Å². The van der Waals surface area contributed by atoms with Crippen LogP contribution in [0.2, 0.25) is 0 Å². The van der Waals surface area contributed by atoms with Crippen LogP contribution in [0, 0.1) is 22.9 Å². The Bertz CT molecular complexity index is 440. The van der Waals surface area contributed by atoms with Crippen LogP contribution in [0.15, 0.2) is 12.1 Å². The van der Waals surface area contributed by atoms with E-state index in [4.69, 9.17) is 0 Å². The Morgan fingerprint density at radius 1 is 1.56 bits per heavy atom. The van der Waals surface area contributed by atoms with E-state index in [9.17, 15) is 14.5 Å². The molecule has 1 aromatic carbocycles. The fraction of sp³-hybridized carbons (Fsp3) is 0.500. The Balaban J connectivity index is 2.93. The van der Waals surface area contributed by atoms with Crippen molar-refractivity contribution in [3.8, 4) is 0 Å². The van der Waals surface area contributed by atoms with Crippen LogP contribution >= 0.6 is 11.8 Å². The summed E-state index contributed by atoms with van der Waals surface area (Å²) in [4.78, 5) is 10.3. The number of anilines is 1. The summed E-state index contributed by atoms with van der Waals surface area (Å²) in [7, 11) is 0. The molecule has 1 atom stereocenters. The molecule has 0 heterocycles. The van der Waals surface area contributed by atoms with Gasteiger partial charge in [-0.05, 0) is 31.2 Å². The maximum Gasteiger partial charge on any atom is 0.295 e. The first-order valence-electron chi connectivity index (χ1n) is 5.74. The van der Waals surface area contributed by atoms with Crippen LogP contribution in [0.3, 0.4) is 0 Å². The summed E-state index contributed by atoms with van der Waals surface area (Å²) in [6.45, 7) is 5.60. The molecule has 0 spiro atoms. The molecule has 0 amide bonds. The number of nitrogens with zero attached hydrogens (tertiary/aromatic N) is 1. The zero-order valence-electron chi connectivity index (χ0n) is 10.7. The van der Waals surface area contributed by atoms with Crippen molar-refractivity contribution in [1.82, 2.24) is 0 Å². The lowest BCUT2D eigenvalue weighted by molar-refractivity contribution is -0.384. The highest BCUT2D eigenvalue weighted by Crippen LogP contribution is 2.28. The third-order valence-electron chi connectivity index (χ3n) is 2.45. The molecule has 1 N–H and O–H groups in total. The zero-order chi connectivity index (χ0) is 13.7. The maximum absolute atomic E-state index is 13.3. The largest absolute Gasteiger partial charge is 0.376 e. The predicted octanol–water partition coefficient (Wildman–Crippen LogP) is 3.60. The summed E-state index contributed by atoms with van der Waals surface area (Å²) in [5, 5.41) is 13.9. The van der Waals surface area contributed by atoms with E-state index in [0.717, 1.165) is 17.6 Å². The van der Waals surface area contributed by atoms with Crippen LogP contribution in [0.1, 0.15) is 19.4 Å². The van der Waals surface area contributed by atoms with Crippen LogP contribution < -0.4 is 5.32 Å². The van der Waals surface area contributed by atoms with Gasteiger partial charge in [0.1, 0.15) is 11.5 Å². The van der Waals surface area contributed by atoms with Crippen molar-refractivity contribution in [2.45, 2.75) is 26.8 Å². The molecule has 6 heteroatoms. The van der Waals surface area contributed by atoms with Crippen molar-refractivity contribution >= 4 is 23.1 Å². The van der Waals surface area contributed by atoms with Crippen molar-refractivity contribution in [1.29, 1.82) is 0 Å². The third kappa shape index (κ3) is 3.87. The average molecular weight is 272 g/mol. The van der Waals surface area contributed by atoms with Gasteiger partial charge in [0, 0.05) is 11.8 Å². The normalized spacial score (nSPS) is 12.2. The molecule has 0 fully saturated rings. The van der Waals surface area contributed by atoms with Crippen LogP contribution in [-0.4, -0.2) is 22.5 Å². The number of nitro benzene ring substituents is 1. The van der Waals surface area contributed by atoms with Gasteiger partial charge < -0.3 is 5.32 Å². The van der Waals surface area contributed by atoms with Gasteiger partial charge in [-0.1, -0.05) is 6.92 Å². The van der Waals surface area contributed by atoms with Crippen LogP contribution in [0.5, 0.6) is 0 Å². The summed E-state index contributed by atoms with van der Waals surface area (Å²) < 4.78 is 13.3. The van der Waals surface area contributed by atoms with Crippen molar-refractivity contribution < 1.29 is 9.31 Å². The molecule has 0 radical (unpaired) electrons. The number of thioether (sulfide) groups is 1. The minimum absolute atomic E-state index is 0.0958. The monoisotopic (exact) mass is 272 g/mol. The average Bonchev–Trinajstić information content (AvgIpc) is 2.30. The van der Waals surface area contributed by atoms with E-state index >= 15 is 0 Å². The Hall–Kier alpha value is -1.30. The highest BCUT2D eigenvalue weighted by atomic mass is 32.2. The molecule has 1 rings (SSSR count). The second-order valence-electron chi connectivity index (χ2n) is 4.08. The molecule has 0 aromatic heterocycles. The molecule has 0 saturated carbocycles. The number of aryl methyl sites for hydroxylation is 1. The second kappa shape index (κ2) is 6.58. The summed E-state index contributed by atoms with van der Waals surface area (Å²) >= 11 is 1.75. The first-order valence-corrected chi connectivity index (χ1v) is 6.90. The molecule has 0 bridgehead atoms. The number of nitrogens with one attached hydrogen (secondary N) is 1. The van der Waals surface area contributed by atoms with Gasteiger partial charge >= 0.3 is 0 Å². The quantitative estimate of drug-likeness (QED) is 0.635. The van der Waals surface area contributed by atoms with Crippen LogP contribution in [0.25, 0.3) is 0 Å². The third-order valence-corrected chi connectivity index (χ3v) is 3.59. The second-order valence-corrected chi connectivity index (χ2v) is 5.40. The Morgan fingerprint density at radius 2 is 2.22 bits per heavy atom. The van der Waals surface area contributed by atoms with Gasteiger partial charge in [0.05, 0.1) is 11.0 Å². The standard InChI is InChI=1S/C12H17FN2O2S/c1-4-18-7-9(3)14-11-5-8(2)10(13)6-12(11)15(16)17/h5-6,9,14H,4,7H2,1-3H3. The number of benzene rings is 1. The maximum atomic E-state index is 13.3. The lowest BCUT2D eigenvalue weighted by Crippen LogP contribution is -2.19. The zero-order valence-corrected chi connectivity index (χ0v) is 11.5. The minimum Gasteiger partial charge on any atom is -0.376 e. The molecule has 1 unspecified atom stereocenters. The highest BCUT2D eigenvalue weighted by molar-refractivity contribution is 7.99. The van der Waals surface area contributed by atoms with Crippen LogP contribution in [-0.2, 0) is 0 Å². The van der Waals surface area contributed by atoms with E-state index in [1.54, 1.807) is 18.7 Å². The van der Waals surface area contributed by atoms with Gasteiger partial charge in [-0.15, -0.1) is 0 Å².